The Hall–Kier alpha value is -1.09. The summed E-state index contributed by atoms with van der Waals surface area (Å²) in [6, 6.07) is 0.244. The number of rotatable bonds is 4. The van der Waals surface area contributed by atoms with Crippen molar-refractivity contribution in [1.82, 2.24) is 4.90 Å². The van der Waals surface area contributed by atoms with E-state index in [1.165, 1.54) is 0 Å². The second-order valence-electron chi connectivity index (χ2n) is 5.55. The highest BCUT2D eigenvalue weighted by Gasteiger charge is 2.43. The molecule has 1 unspecified atom stereocenters. The zero-order valence-corrected chi connectivity index (χ0v) is 12.1. The van der Waals surface area contributed by atoms with Gasteiger partial charge in [-0.1, -0.05) is 24.3 Å². The first-order valence-corrected chi connectivity index (χ1v) is 6.69. The third kappa shape index (κ3) is 2.66. The first-order valence-electron chi connectivity index (χ1n) is 6.69. The first-order chi connectivity index (χ1) is 8.33. The molecule has 0 fully saturated rings. The minimum absolute atomic E-state index is 0.0188. The molecule has 1 amide bonds. The number of nitrogens with zero attached hydrogens (tertiary/aromatic N) is 1. The smallest absolute Gasteiger partial charge is 0.239 e. The van der Waals surface area contributed by atoms with E-state index in [2.05, 4.69) is 0 Å². The topological polar surface area (TPSA) is 40.5 Å². The van der Waals surface area contributed by atoms with Crippen molar-refractivity contribution >= 4 is 5.91 Å². The number of amides is 1. The van der Waals surface area contributed by atoms with Gasteiger partial charge in [-0.3, -0.25) is 4.79 Å². The molecule has 0 saturated heterocycles. The number of carbonyl (C=O) groups is 1. The summed E-state index contributed by atoms with van der Waals surface area (Å²) in [7, 11) is 0. The molecule has 1 rings (SSSR count). The van der Waals surface area contributed by atoms with Gasteiger partial charge in [0, 0.05) is 12.1 Å². The van der Waals surface area contributed by atoms with Crippen LogP contribution in [0.25, 0.3) is 0 Å². The molecule has 1 aliphatic carbocycles. The number of carbonyl (C=O) groups excluding carboxylic acids is 1. The van der Waals surface area contributed by atoms with E-state index in [9.17, 15) is 9.90 Å². The Bertz CT molecular complexity index is 334. The maximum Gasteiger partial charge on any atom is 0.239 e. The van der Waals surface area contributed by atoms with Crippen LogP contribution in [0.15, 0.2) is 24.3 Å². The molecular weight excluding hydrogens is 226 g/mol. The SMILES string of the molecule is CC(C)N(C(=O)C1(C(C)O)C=CCC=C1)C(C)C. The molecule has 0 radical (unpaired) electrons. The van der Waals surface area contributed by atoms with Gasteiger partial charge in [0.05, 0.1) is 6.10 Å². The van der Waals surface area contributed by atoms with Gasteiger partial charge in [-0.15, -0.1) is 0 Å². The molecular formula is C15H25NO2. The summed E-state index contributed by atoms with van der Waals surface area (Å²) in [4.78, 5) is 14.6. The lowest BCUT2D eigenvalue weighted by Gasteiger charge is -2.40. The predicted molar refractivity (Wildman–Crippen MR) is 74.1 cm³/mol. The van der Waals surface area contributed by atoms with Crippen molar-refractivity contribution in [1.29, 1.82) is 0 Å². The van der Waals surface area contributed by atoms with E-state index in [1.54, 1.807) is 6.92 Å². The number of hydrogen-bond acceptors (Lipinski definition) is 2. The zero-order valence-electron chi connectivity index (χ0n) is 12.1. The summed E-state index contributed by atoms with van der Waals surface area (Å²) in [6.45, 7) is 9.69. The van der Waals surface area contributed by atoms with E-state index in [0.717, 1.165) is 6.42 Å². The van der Waals surface area contributed by atoms with Crippen molar-refractivity contribution < 1.29 is 9.90 Å². The molecule has 3 heteroatoms. The molecule has 1 N–H and O–H groups in total. The zero-order chi connectivity index (χ0) is 13.9. The molecule has 0 aliphatic heterocycles. The Morgan fingerprint density at radius 1 is 1.11 bits per heavy atom. The van der Waals surface area contributed by atoms with E-state index in [0.29, 0.717) is 0 Å². The van der Waals surface area contributed by atoms with Crippen molar-refractivity contribution in [2.45, 2.75) is 59.2 Å². The lowest BCUT2D eigenvalue weighted by atomic mass is 9.77. The molecule has 102 valence electrons. The second-order valence-corrected chi connectivity index (χ2v) is 5.55. The Morgan fingerprint density at radius 3 is 1.89 bits per heavy atom. The van der Waals surface area contributed by atoms with Crippen molar-refractivity contribution in [2.24, 2.45) is 5.41 Å². The van der Waals surface area contributed by atoms with Crippen LogP contribution in [-0.4, -0.2) is 34.1 Å². The summed E-state index contributed by atoms with van der Waals surface area (Å²) in [5.41, 5.74) is -0.896. The van der Waals surface area contributed by atoms with Gasteiger partial charge in [-0.05, 0) is 41.0 Å². The molecule has 0 aromatic heterocycles. The highest BCUT2D eigenvalue weighted by molar-refractivity contribution is 5.88. The van der Waals surface area contributed by atoms with Crippen molar-refractivity contribution in [2.75, 3.05) is 0 Å². The standard InChI is InChI=1S/C15H25NO2/c1-11(2)16(12(3)4)14(18)15(13(5)17)9-7-6-8-10-15/h7-13,17H,6H2,1-5H3. The molecule has 3 nitrogen and oxygen atoms in total. The molecule has 0 bridgehead atoms. The van der Waals surface area contributed by atoms with Gasteiger partial charge in [0.1, 0.15) is 5.41 Å². The van der Waals surface area contributed by atoms with E-state index in [4.69, 9.17) is 0 Å². The minimum Gasteiger partial charge on any atom is -0.392 e. The Balaban J connectivity index is 3.14. The van der Waals surface area contributed by atoms with Crippen LogP contribution in [0.1, 0.15) is 41.0 Å². The first kappa shape index (κ1) is 15.0. The molecule has 0 aromatic carbocycles. The highest BCUT2D eigenvalue weighted by Crippen LogP contribution is 2.33. The van der Waals surface area contributed by atoms with Crippen LogP contribution in [0.5, 0.6) is 0 Å². The number of aliphatic hydroxyl groups excluding tert-OH is 1. The van der Waals surface area contributed by atoms with Gasteiger partial charge < -0.3 is 10.0 Å². The quantitative estimate of drug-likeness (QED) is 0.780. The van der Waals surface area contributed by atoms with Crippen LogP contribution < -0.4 is 0 Å². The summed E-state index contributed by atoms with van der Waals surface area (Å²) in [5.74, 6) is -0.0188. The van der Waals surface area contributed by atoms with Crippen molar-refractivity contribution in [3.8, 4) is 0 Å². The van der Waals surface area contributed by atoms with Gasteiger partial charge in [-0.25, -0.2) is 0 Å². The molecule has 0 saturated carbocycles. The van der Waals surface area contributed by atoms with Crippen LogP contribution in [0.2, 0.25) is 0 Å². The van der Waals surface area contributed by atoms with Crippen LogP contribution in [0.4, 0.5) is 0 Å². The van der Waals surface area contributed by atoms with Crippen LogP contribution in [0, 0.1) is 5.41 Å². The highest BCUT2D eigenvalue weighted by atomic mass is 16.3. The fraction of sp³-hybridized carbons (Fsp3) is 0.667. The largest absolute Gasteiger partial charge is 0.392 e. The van der Waals surface area contributed by atoms with E-state index in [-0.39, 0.29) is 18.0 Å². The van der Waals surface area contributed by atoms with Crippen LogP contribution in [-0.2, 0) is 4.79 Å². The van der Waals surface area contributed by atoms with Crippen molar-refractivity contribution in [3.05, 3.63) is 24.3 Å². The monoisotopic (exact) mass is 251 g/mol. The molecule has 0 spiro atoms. The Morgan fingerprint density at radius 2 is 1.56 bits per heavy atom. The predicted octanol–water partition coefficient (Wildman–Crippen LogP) is 2.52. The van der Waals surface area contributed by atoms with Gasteiger partial charge in [0.15, 0.2) is 0 Å². The van der Waals surface area contributed by atoms with Gasteiger partial charge >= 0.3 is 0 Å². The van der Waals surface area contributed by atoms with E-state index >= 15 is 0 Å². The number of hydrogen-bond donors (Lipinski definition) is 1. The third-order valence-corrected chi connectivity index (χ3v) is 3.47. The number of allylic oxidation sites excluding steroid dienone is 2. The van der Waals surface area contributed by atoms with E-state index in [1.807, 2.05) is 56.9 Å². The third-order valence-electron chi connectivity index (χ3n) is 3.47. The second kappa shape index (κ2) is 5.70. The molecule has 1 atom stereocenters. The van der Waals surface area contributed by atoms with Crippen molar-refractivity contribution in [3.63, 3.8) is 0 Å². The Labute approximate surface area is 110 Å². The van der Waals surface area contributed by atoms with Crippen LogP contribution >= 0.6 is 0 Å². The van der Waals surface area contributed by atoms with E-state index < -0.39 is 11.5 Å². The Kier molecular flexibility index (Phi) is 4.74. The average Bonchev–Trinajstić information content (AvgIpc) is 2.28. The lowest BCUT2D eigenvalue weighted by molar-refractivity contribution is -0.145. The molecule has 1 aliphatic rings. The summed E-state index contributed by atoms with van der Waals surface area (Å²) in [5, 5.41) is 10.1. The average molecular weight is 251 g/mol. The fourth-order valence-corrected chi connectivity index (χ4v) is 2.55. The summed E-state index contributed by atoms with van der Waals surface area (Å²) >= 11 is 0. The molecule has 0 heterocycles. The molecule has 18 heavy (non-hydrogen) atoms. The maximum atomic E-state index is 12.8. The molecule has 0 aromatic rings. The fourth-order valence-electron chi connectivity index (χ4n) is 2.55. The minimum atomic E-state index is -0.896. The summed E-state index contributed by atoms with van der Waals surface area (Å²) < 4.78 is 0. The normalized spacial score (nSPS) is 19.3. The van der Waals surface area contributed by atoms with Gasteiger partial charge in [0.25, 0.3) is 0 Å². The maximum absolute atomic E-state index is 12.8. The van der Waals surface area contributed by atoms with Crippen LogP contribution in [0.3, 0.4) is 0 Å². The number of aliphatic hydroxyl groups is 1. The van der Waals surface area contributed by atoms with Gasteiger partial charge in [-0.2, -0.15) is 0 Å². The lowest BCUT2D eigenvalue weighted by Crippen LogP contribution is -2.52. The van der Waals surface area contributed by atoms with Gasteiger partial charge in [0.2, 0.25) is 5.91 Å². The summed E-state index contributed by atoms with van der Waals surface area (Å²) in [6.07, 6.45) is 7.69.